The number of hydrogen-bond acceptors (Lipinski definition) is 5. The Hall–Kier alpha value is -3.60. The van der Waals surface area contributed by atoms with Crippen molar-refractivity contribution in [3.05, 3.63) is 76.9 Å². The van der Waals surface area contributed by atoms with E-state index in [1.165, 1.54) is 19.3 Å². The molecule has 0 aromatic heterocycles. The van der Waals surface area contributed by atoms with Gasteiger partial charge in [-0.25, -0.2) is 0 Å². The molecule has 1 aliphatic carbocycles. The highest BCUT2D eigenvalue weighted by molar-refractivity contribution is 6.32. The van der Waals surface area contributed by atoms with Crippen LogP contribution >= 0.6 is 0 Å². The first-order chi connectivity index (χ1) is 15.4. The summed E-state index contributed by atoms with van der Waals surface area (Å²) in [4.78, 5) is 28.5. The molecule has 3 aromatic carbocycles. The fraction of sp³-hybridized carbons (Fsp3) is 0.259. The van der Waals surface area contributed by atoms with E-state index in [9.17, 15) is 9.59 Å². The third-order valence-corrected chi connectivity index (χ3v) is 6.23. The topological polar surface area (TPSA) is 89.4 Å². The van der Waals surface area contributed by atoms with E-state index in [1.807, 2.05) is 24.3 Å². The summed E-state index contributed by atoms with van der Waals surface area (Å²) in [5, 5.41) is 0. The van der Waals surface area contributed by atoms with Gasteiger partial charge >= 0.3 is 0 Å². The molecule has 4 N–H and O–H groups in total. The molecule has 5 heteroatoms. The van der Waals surface area contributed by atoms with Crippen LogP contribution in [0.5, 0.6) is 0 Å². The summed E-state index contributed by atoms with van der Waals surface area (Å²) >= 11 is 0. The molecule has 0 aliphatic heterocycles. The van der Waals surface area contributed by atoms with E-state index in [2.05, 4.69) is 18.9 Å². The predicted molar refractivity (Wildman–Crippen MR) is 131 cm³/mol. The normalized spacial score (nSPS) is 12.4. The Morgan fingerprint density at radius 3 is 2.03 bits per heavy atom. The van der Waals surface area contributed by atoms with Crippen LogP contribution in [0.3, 0.4) is 0 Å². The van der Waals surface area contributed by atoms with Crippen molar-refractivity contribution in [2.24, 2.45) is 0 Å². The van der Waals surface area contributed by atoms with Gasteiger partial charge in [0, 0.05) is 41.7 Å². The minimum absolute atomic E-state index is 0.207. The number of rotatable bonds is 7. The molecular formula is C27H29N3O2. The molecule has 0 amide bonds. The van der Waals surface area contributed by atoms with Crippen LogP contribution in [0.4, 0.5) is 17.1 Å². The fourth-order valence-corrected chi connectivity index (χ4v) is 4.39. The number of benzene rings is 3. The SMILES string of the molecule is CCCCCCN(C)c1ccc(-c2cc(N)c3c(c2N)C(=O)c2ccccc2C3=O)cc1. The summed E-state index contributed by atoms with van der Waals surface area (Å²) < 4.78 is 0. The Morgan fingerprint density at radius 2 is 1.41 bits per heavy atom. The van der Waals surface area contributed by atoms with Gasteiger partial charge in [-0.15, -0.1) is 0 Å². The predicted octanol–water partition coefficient (Wildman–Crippen LogP) is 5.31. The Labute approximate surface area is 189 Å². The van der Waals surface area contributed by atoms with Gasteiger partial charge < -0.3 is 16.4 Å². The molecule has 0 bridgehead atoms. The van der Waals surface area contributed by atoms with Crippen molar-refractivity contribution in [2.45, 2.75) is 32.6 Å². The maximum atomic E-state index is 13.2. The molecule has 32 heavy (non-hydrogen) atoms. The molecule has 0 atom stereocenters. The Morgan fingerprint density at radius 1 is 0.781 bits per heavy atom. The number of nitrogens with two attached hydrogens (primary N) is 2. The molecule has 164 valence electrons. The number of carbonyl (C=O) groups is 2. The molecule has 0 heterocycles. The Kier molecular flexibility index (Phi) is 5.99. The zero-order valence-electron chi connectivity index (χ0n) is 18.7. The van der Waals surface area contributed by atoms with Crippen LogP contribution in [-0.2, 0) is 0 Å². The molecule has 0 fully saturated rings. The number of nitrogens with zero attached hydrogens (tertiary/aromatic N) is 1. The second-order valence-electron chi connectivity index (χ2n) is 8.41. The van der Waals surface area contributed by atoms with Crippen LogP contribution in [0.25, 0.3) is 11.1 Å². The van der Waals surface area contributed by atoms with Gasteiger partial charge in [-0.2, -0.15) is 0 Å². The number of nitrogen functional groups attached to an aromatic ring is 2. The largest absolute Gasteiger partial charge is 0.398 e. The van der Waals surface area contributed by atoms with Crippen molar-refractivity contribution in [2.75, 3.05) is 30.0 Å². The lowest BCUT2D eigenvalue weighted by Crippen LogP contribution is -2.24. The van der Waals surface area contributed by atoms with Gasteiger partial charge in [0.2, 0.25) is 0 Å². The molecule has 0 saturated heterocycles. The van der Waals surface area contributed by atoms with Gasteiger partial charge in [-0.3, -0.25) is 9.59 Å². The van der Waals surface area contributed by atoms with Crippen LogP contribution in [0.2, 0.25) is 0 Å². The number of unbranched alkanes of at least 4 members (excludes halogenated alkanes) is 3. The van der Waals surface area contributed by atoms with E-state index in [-0.39, 0.29) is 28.4 Å². The summed E-state index contributed by atoms with van der Waals surface area (Å²) in [7, 11) is 2.09. The average Bonchev–Trinajstić information content (AvgIpc) is 2.81. The number of anilines is 3. The van der Waals surface area contributed by atoms with Gasteiger partial charge in [-0.1, -0.05) is 62.6 Å². The van der Waals surface area contributed by atoms with Crippen LogP contribution in [0.15, 0.2) is 54.6 Å². The molecule has 4 rings (SSSR count). The van der Waals surface area contributed by atoms with Crippen molar-refractivity contribution in [1.29, 1.82) is 0 Å². The third-order valence-electron chi connectivity index (χ3n) is 6.23. The first-order valence-electron chi connectivity index (χ1n) is 11.2. The van der Waals surface area contributed by atoms with E-state index >= 15 is 0 Å². The van der Waals surface area contributed by atoms with Crippen LogP contribution in [0, 0.1) is 0 Å². The standard InChI is InChI=1S/C27H29N3O2/c1-3-4-5-8-15-30(2)18-13-11-17(12-14-18)21-16-22(28)23-24(25(21)29)27(32)20-10-7-6-9-19(20)26(23)31/h6-7,9-14,16H,3-5,8,15,28-29H2,1-2H3. The number of carbonyl (C=O) groups excluding carboxylic acids is 2. The first-order valence-corrected chi connectivity index (χ1v) is 11.2. The lowest BCUT2D eigenvalue weighted by Gasteiger charge is -2.23. The summed E-state index contributed by atoms with van der Waals surface area (Å²) in [5.74, 6) is -0.518. The highest BCUT2D eigenvalue weighted by Gasteiger charge is 2.34. The van der Waals surface area contributed by atoms with Crippen LogP contribution < -0.4 is 16.4 Å². The van der Waals surface area contributed by atoms with Crippen molar-refractivity contribution in [3.63, 3.8) is 0 Å². The molecule has 5 nitrogen and oxygen atoms in total. The first kappa shape index (κ1) is 21.6. The lowest BCUT2D eigenvalue weighted by atomic mass is 9.80. The maximum Gasteiger partial charge on any atom is 0.196 e. The van der Waals surface area contributed by atoms with Gasteiger partial charge in [0.1, 0.15) is 0 Å². The summed E-state index contributed by atoms with van der Waals surface area (Å²) in [5.41, 5.74) is 17.1. The fourth-order valence-electron chi connectivity index (χ4n) is 4.39. The van der Waals surface area contributed by atoms with E-state index in [0.717, 1.165) is 24.2 Å². The molecule has 0 saturated carbocycles. The van der Waals surface area contributed by atoms with E-state index in [1.54, 1.807) is 30.3 Å². The summed E-state index contributed by atoms with van der Waals surface area (Å²) in [6.07, 6.45) is 4.89. The maximum absolute atomic E-state index is 13.2. The van der Waals surface area contributed by atoms with E-state index in [0.29, 0.717) is 22.4 Å². The smallest absolute Gasteiger partial charge is 0.196 e. The lowest BCUT2D eigenvalue weighted by molar-refractivity contribution is 0.0980. The van der Waals surface area contributed by atoms with Crippen molar-refractivity contribution in [1.82, 2.24) is 0 Å². The third kappa shape index (κ3) is 3.75. The molecule has 0 spiro atoms. The molecule has 1 aliphatic rings. The van der Waals surface area contributed by atoms with Gasteiger partial charge in [0.05, 0.1) is 16.8 Å². The second-order valence-corrected chi connectivity index (χ2v) is 8.41. The van der Waals surface area contributed by atoms with E-state index < -0.39 is 0 Å². The number of hydrogen-bond donors (Lipinski definition) is 2. The number of fused-ring (bicyclic) bond motifs is 2. The highest BCUT2D eigenvalue weighted by Crippen LogP contribution is 2.40. The molecule has 3 aromatic rings. The van der Waals surface area contributed by atoms with Crippen LogP contribution in [-0.4, -0.2) is 25.2 Å². The number of ketones is 2. The van der Waals surface area contributed by atoms with Gasteiger partial charge in [0.25, 0.3) is 0 Å². The molecule has 0 radical (unpaired) electrons. The average molecular weight is 428 g/mol. The zero-order valence-corrected chi connectivity index (χ0v) is 18.7. The van der Waals surface area contributed by atoms with Crippen molar-refractivity contribution < 1.29 is 9.59 Å². The quantitative estimate of drug-likeness (QED) is 0.308. The van der Waals surface area contributed by atoms with Crippen molar-refractivity contribution in [3.8, 4) is 11.1 Å². The highest BCUT2D eigenvalue weighted by atomic mass is 16.1. The minimum Gasteiger partial charge on any atom is -0.398 e. The van der Waals surface area contributed by atoms with E-state index in [4.69, 9.17) is 11.5 Å². The van der Waals surface area contributed by atoms with Crippen LogP contribution in [0.1, 0.15) is 64.4 Å². The van der Waals surface area contributed by atoms with Gasteiger partial charge in [0.15, 0.2) is 11.6 Å². The minimum atomic E-state index is -0.260. The monoisotopic (exact) mass is 427 g/mol. The molecular weight excluding hydrogens is 398 g/mol. The second kappa shape index (κ2) is 8.87. The zero-order chi connectivity index (χ0) is 22.8. The Bertz CT molecular complexity index is 1180. The summed E-state index contributed by atoms with van der Waals surface area (Å²) in [6.45, 7) is 3.22. The van der Waals surface area contributed by atoms with Crippen molar-refractivity contribution >= 4 is 28.6 Å². The van der Waals surface area contributed by atoms with Gasteiger partial charge in [-0.05, 0) is 30.2 Å². The Balaban J connectivity index is 1.67. The summed E-state index contributed by atoms with van der Waals surface area (Å²) in [6, 6.07) is 16.6. The molecule has 0 unspecified atom stereocenters.